The number of hydrogen-bond donors (Lipinski definition) is 2. The van der Waals surface area contributed by atoms with E-state index in [1.165, 1.54) is 19.2 Å². The van der Waals surface area contributed by atoms with E-state index in [-0.39, 0.29) is 18.4 Å². The van der Waals surface area contributed by atoms with Crippen LogP contribution in [-0.2, 0) is 17.4 Å². The number of nitrogens with one attached hydrogen (secondary N) is 2. The quantitative estimate of drug-likeness (QED) is 0.264. The smallest absolute Gasteiger partial charge is 0.417 e. The van der Waals surface area contributed by atoms with Crippen LogP contribution in [0.15, 0.2) is 66.9 Å². The van der Waals surface area contributed by atoms with Gasteiger partial charge in [0.25, 0.3) is 0 Å². The molecule has 2 N–H and O–H groups in total. The molecule has 2 atom stereocenters. The molecular formula is C26H24F7N3O3. The number of benzene rings is 2. The number of likely N-dealkylation sites (N-methyl/N-ethyl adjacent to an activating group) is 1. The van der Waals surface area contributed by atoms with Gasteiger partial charge in [-0.2, -0.15) is 30.7 Å². The zero-order chi connectivity index (χ0) is 28.6. The summed E-state index contributed by atoms with van der Waals surface area (Å²) >= 11 is 0. The molecule has 2 unspecified atom stereocenters. The normalized spacial score (nSPS) is 13.3. The van der Waals surface area contributed by atoms with Crippen molar-refractivity contribution in [2.24, 2.45) is 0 Å². The van der Waals surface area contributed by atoms with Crippen LogP contribution in [-0.4, -0.2) is 31.2 Å². The average molecular weight is 559 g/mol. The Labute approximate surface area is 219 Å². The Morgan fingerprint density at radius 1 is 0.897 bits per heavy atom. The number of amides is 1. The molecule has 0 aliphatic rings. The summed E-state index contributed by atoms with van der Waals surface area (Å²) in [5, 5.41) is 5.67. The number of ether oxygens (including phenoxy) is 2. The molecule has 0 aliphatic carbocycles. The van der Waals surface area contributed by atoms with Crippen molar-refractivity contribution in [1.82, 2.24) is 15.6 Å². The Morgan fingerprint density at radius 2 is 1.56 bits per heavy atom. The predicted molar refractivity (Wildman–Crippen MR) is 126 cm³/mol. The maximum absolute atomic E-state index is 13.0. The van der Waals surface area contributed by atoms with Gasteiger partial charge in [-0.05, 0) is 48.2 Å². The maximum Gasteiger partial charge on any atom is 0.417 e. The van der Waals surface area contributed by atoms with E-state index in [1.807, 2.05) is 0 Å². The fourth-order valence-electron chi connectivity index (χ4n) is 3.82. The molecule has 0 saturated heterocycles. The number of pyridine rings is 1. The second kappa shape index (κ2) is 13.3. The summed E-state index contributed by atoms with van der Waals surface area (Å²) in [4.78, 5) is 16.6. The Kier molecular flexibility index (Phi) is 10.1. The van der Waals surface area contributed by atoms with Crippen LogP contribution in [0.4, 0.5) is 30.7 Å². The van der Waals surface area contributed by atoms with Crippen LogP contribution in [0.25, 0.3) is 0 Å². The fraction of sp³-hybridized carbons (Fsp3) is 0.308. The molecule has 1 heterocycles. The Balaban J connectivity index is 1.97. The number of alkyl halides is 7. The molecule has 0 aliphatic heterocycles. The Morgan fingerprint density at radius 3 is 2.13 bits per heavy atom. The molecule has 210 valence electrons. The highest BCUT2D eigenvalue weighted by atomic mass is 19.4. The molecular weight excluding hydrogens is 535 g/mol. The SMILES string of the molecule is CNC(=O)C(NC(CCc1ccc(C(F)(F)F)cn1)c1ccc(OC(F)F)c(OC(F)F)c1)c1ccccc1. The van der Waals surface area contributed by atoms with E-state index in [4.69, 9.17) is 0 Å². The standard InChI is InChI=1S/C26H24F7N3O3/c1-34-23(37)22(15-5-3-2-4-6-15)36-19(11-10-18-9-8-17(14-35-18)26(31,32)33)16-7-12-20(38-24(27)28)21(13-16)39-25(29)30/h2-9,12-14,19,22,24-25,36H,10-11H2,1H3,(H,34,37). The Hall–Kier alpha value is -3.87. The van der Waals surface area contributed by atoms with Crippen molar-refractivity contribution < 1.29 is 45.0 Å². The topological polar surface area (TPSA) is 72.5 Å². The molecule has 1 amide bonds. The number of aryl methyl sites for hydroxylation is 1. The second-order valence-corrected chi connectivity index (χ2v) is 8.22. The number of nitrogens with zero attached hydrogens (tertiary/aromatic N) is 1. The lowest BCUT2D eigenvalue weighted by Crippen LogP contribution is -2.38. The third-order valence-corrected chi connectivity index (χ3v) is 5.65. The second-order valence-electron chi connectivity index (χ2n) is 8.22. The number of carbonyl (C=O) groups excluding carboxylic acids is 1. The summed E-state index contributed by atoms with van der Waals surface area (Å²) in [6.45, 7) is -6.64. The molecule has 3 aromatic rings. The van der Waals surface area contributed by atoms with E-state index in [0.29, 0.717) is 17.5 Å². The van der Waals surface area contributed by atoms with Crippen LogP contribution >= 0.6 is 0 Å². The van der Waals surface area contributed by atoms with Crippen LogP contribution in [0.1, 0.15) is 40.9 Å². The maximum atomic E-state index is 13.0. The van der Waals surface area contributed by atoms with Gasteiger partial charge < -0.3 is 14.8 Å². The summed E-state index contributed by atoms with van der Waals surface area (Å²) in [7, 11) is 1.42. The van der Waals surface area contributed by atoms with Gasteiger partial charge in [-0.1, -0.05) is 36.4 Å². The molecule has 3 rings (SSSR count). The fourth-order valence-corrected chi connectivity index (χ4v) is 3.82. The van der Waals surface area contributed by atoms with E-state index in [0.717, 1.165) is 18.2 Å². The lowest BCUT2D eigenvalue weighted by molar-refractivity contribution is -0.137. The van der Waals surface area contributed by atoms with E-state index >= 15 is 0 Å². The minimum absolute atomic E-state index is 0.116. The summed E-state index contributed by atoms with van der Waals surface area (Å²) < 4.78 is 99.0. The van der Waals surface area contributed by atoms with Gasteiger partial charge in [-0.15, -0.1) is 0 Å². The number of halogens is 7. The first-order valence-corrected chi connectivity index (χ1v) is 11.6. The van der Waals surface area contributed by atoms with Gasteiger partial charge in [0.2, 0.25) is 5.91 Å². The first-order valence-electron chi connectivity index (χ1n) is 11.6. The van der Waals surface area contributed by atoms with Gasteiger partial charge in [0, 0.05) is 25.0 Å². The monoisotopic (exact) mass is 559 g/mol. The van der Waals surface area contributed by atoms with Gasteiger partial charge in [0.05, 0.1) is 5.56 Å². The predicted octanol–water partition coefficient (Wildman–Crippen LogP) is 6.05. The number of aromatic nitrogens is 1. The third-order valence-electron chi connectivity index (χ3n) is 5.65. The molecule has 0 spiro atoms. The molecule has 1 aromatic heterocycles. The lowest BCUT2D eigenvalue weighted by atomic mass is 9.97. The highest BCUT2D eigenvalue weighted by Crippen LogP contribution is 2.35. The van der Waals surface area contributed by atoms with Crippen molar-refractivity contribution >= 4 is 5.91 Å². The van der Waals surface area contributed by atoms with Crippen molar-refractivity contribution in [3.63, 3.8) is 0 Å². The molecule has 0 fully saturated rings. The number of rotatable bonds is 12. The third kappa shape index (κ3) is 8.57. The summed E-state index contributed by atoms with van der Waals surface area (Å²) in [6, 6.07) is 12.3. The first kappa shape index (κ1) is 29.7. The van der Waals surface area contributed by atoms with E-state index in [2.05, 4.69) is 25.1 Å². The van der Waals surface area contributed by atoms with Gasteiger partial charge in [0.1, 0.15) is 6.04 Å². The largest absolute Gasteiger partial charge is 0.431 e. The van der Waals surface area contributed by atoms with Crippen molar-refractivity contribution in [3.05, 3.63) is 89.2 Å². The molecule has 0 saturated carbocycles. The molecule has 13 heteroatoms. The first-order chi connectivity index (χ1) is 18.5. The molecule has 39 heavy (non-hydrogen) atoms. The molecule has 0 radical (unpaired) electrons. The van der Waals surface area contributed by atoms with E-state index in [9.17, 15) is 35.5 Å². The Bertz CT molecular complexity index is 1210. The summed E-state index contributed by atoms with van der Waals surface area (Å²) in [5.41, 5.74) is 0.209. The van der Waals surface area contributed by atoms with Crippen LogP contribution < -0.4 is 20.1 Å². The van der Waals surface area contributed by atoms with Crippen molar-refractivity contribution in [2.45, 2.75) is 44.3 Å². The average Bonchev–Trinajstić information content (AvgIpc) is 2.89. The van der Waals surface area contributed by atoms with Crippen molar-refractivity contribution in [2.75, 3.05) is 7.05 Å². The lowest BCUT2D eigenvalue weighted by Gasteiger charge is -2.26. The number of carbonyl (C=O) groups is 1. The van der Waals surface area contributed by atoms with Crippen molar-refractivity contribution in [1.29, 1.82) is 0 Å². The number of hydrogen-bond acceptors (Lipinski definition) is 5. The van der Waals surface area contributed by atoms with Crippen LogP contribution in [0, 0.1) is 0 Å². The zero-order valence-corrected chi connectivity index (χ0v) is 20.4. The molecule has 2 aromatic carbocycles. The highest BCUT2D eigenvalue weighted by molar-refractivity contribution is 5.83. The van der Waals surface area contributed by atoms with Crippen molar-refractivity contribution in [3.8, 4) is 11.5 Å². The van der Waals surface area contributed by atoms with Gasteiger partial charge in [-0.25, -0.2) is 0 Å². The van der Waals surface area contributed by atoms with E-state index < -0.39 is 54.5 Å². The van der Waals surface area contributed by atoms with Crippen LogP contribution in [0.3, 0.4) is 0 Å². The van der Waals surface area contributed by atoms with Gasteiger partial charge >= 0.3 is 19.4 Å². The summed E-state index contributed by atoms with van der Waals surface area (Å²) in [6.07, 6.45) is -3.62. The molecule has 0 bridgehead atoms. The van der Waals surface area contributed by atoms with Gasteiger partial charge in [-0.3, -0.25) is 15.1 Å². The van der Waals surface area contributed by atoms with Gasteiger partial charge in [0.15, 0.2) is 11.5 Å². The highest BCUT2D eigenvalue weighted by Gasteiger charge is 2.31. The summed E-state index contributed by atoms with van der Waals surface area (Å²) in [5.74, 6) is -1.71. The van der Waals surface area contributed by atoms with Crippen LogP contribution in [0.2, 0.25) is 0 Å². The minimum Gasteiger partial charge on any atom is -0.431 e. The zero-order valence-electron chi connectivity index (χ0n) is 20.4. The minimum atomic E-state index is -4.56. The van der Waals surface area contributed by atoms with Crippen LogP contribution in [0.5, 0.6) is 11.5 Å². The van der Waals surface area contributed by atoms with E-state index in [1.54, 1.807) is 30.3 Å². The molecule has 6 nitrogen and oxygen atoms in total.